The zero-order valence-corrected chi connectivity index (χ0v) is 17.8. The number of ether oxygens (including phenoxy) is 2. The van der Waals surface area contributed by atoms with Crippen LogP contribution in [0.3, 0.4) is 0 Å². The molecule has 0 N–H and O–H groups in total. The zero-order chi connectivity index (χ0) is 21.3. The molecular weight excluding hydrogens is 380 g/mol. The summed E-state index contributed by atoms with van der Waals surface area (Å²) in [5.74, 6) is 1.24. The van der Waals surface area contributed by atoms with E-state index in [1.165, 1.54) is 0 Å². The van der Waals surface area contributed by atoms with Crippen LogP contribution in [0.5, 0.6) is 11.5 Å². The summed E-state index contributed by atoms with van der Waals surface area (Å²) in [6.07, 6.45) is 4.05. The van der Waals surface area contributed by atoms with Crippen molar-refractivity contribution in [3.63, 3.8) is 0 Å². The Hall–Kier alpha value is -3.19. The molecule has 3 aromatic rings. The number of pyridine rings is 1. The molecule has 0 fully saturated rings. The maximum absolute atomic E-state index is 12.9. The molecule has 7 heteroatoms. The highest BCUT2D eigenvalue weighted by molar-refractivity contribution is 5.66. The fraction of sp³-hybridized carbons (Fsp3) is 0.348. The highest BCUT2D eigenvalue weighted by atomic mass is 16.5. The monoisotopic (exact) mass is 407 g/mol. The summed E-state index contributed by atoms with van der Waals surface area (Å²) in [6.45, 7) is 7.22. The standard InChI is InChI=1S/C23H27N4O3/c1-16(2)25-9-11-26(12-10-25)18-6-8-22-24-19(14-23(28)27(22)15-18)17-5-7-20(29-3)21(13-17)30-4/h5-8,11,13-16H,9-10,12H2,1-4H3/q+1. The molecule has 0 spiro atoms. The Balaban J connectivity index is 1.70. The van der Waals surface area contributed by atoms with E-state index < -0.39 is 0 Å². The summed E-state index contributed by atoms with van der Waals surface area (Å²) in [7, 11) is 3.18. The molecular formula is C23H27N4O3+. The van der Waals surface area contributed by atoms with Crippen molar-refractivity contribution in [1.29, 1.82) is 0 Å². The second-order valence-corrected chi connectivity index (χ2v) is 7.63. The lowest BCUT2D eigenvalue weighted by Gasteiger charge is -2.26. The normalized spacial score (nSPS) is 14.8. The molecule has 2 aromatic heterocycles. The topological polar surface area (TPSA) is 59.1 Å². The van der Waals surface area contributed by atoms with Crippen molar-refractivity contribution < 1.29 is 14.0 Å². The van der Waals surface area contributed by atoms with Gasteiger partial charge < -0.3 is 9.47 Å². The van der Waals surface area contributed by atoms with Gasteiger partial charge in [-0.05, 0) is 38.1 Å². The van der Waals surface area contributed by atoms with Crippen LogP contribution in [0.4, 0.5) is 5.69 Å². The predicted molar refractivity (Wildman–Crippen MR) is 118 cm³/mol. The van der Waals surface area contributed by atoms with E-state index in [1.54, 1.807) is 24.7 Å². The van der Waals surface area contributed by atoms with Crippen LogP contribution in [0.15, 0.2) is 47.4 Å². The van der Waals surface area contributed by atoms with Crippen LogP contribution in [0, 0.1) is 0 Å². The molecule has 0 saturated carbocycles. The SMILES string of the molecule is COc1ccc(-c2cc(=O)n3cc([N+]4=CCN(C(C)C)CC4)ccc3n2)cc1OC. The molecule has 3 heterocycles. The molecule has 0 saturated heterocycles. The van der Waals surface area contributed by atoms with Crippen molar-refractivity contribution in [2.45, 2.75) is 19.9 Å². The van der Waals surface area contributed by atoms with Crippen molar-refractivity contribution in [3.8, 4) is 22.8 Å². The first-order valence-corrected chi connectivity index (χ1v) is 10.1. The Morgan fingerprint density at radius 2 is 1.87 bits per heavy atom. The van der Waals surface area contributed by atoms with E-state index in [2.05, 4.69) is 34.5 Å². The summed E-state index contributed by atoms with van der Waals surface area (Å²) in [4.78, 5) is 20.0. The third kappa shape index (κ3) is 3.80. The molecule has 1 aliphatic rings. The van der Waals surface area contributed by atoms with Gasteiger partial charge in [0.2, 0.25) is 5.69 Å². The number of hydrogen-bond acceptors (Lipinski definition) is 5. The fourth-order valence-electron chi connectivity index (χ4n) is 3.73. The molecule has 4 rings (SSSR count). The van der Waals surface area contributed by atoms with Gasteiger partial charge in [0, 0.05) is 23.7 Å². The molecule has 1 aliphatic heterocycles. The highest BCUT2D eigenvalue weighted by Crippen LogP contribution is 2.31. The average molecular weight is 407 g/mol. The molecule has 0 atom stereocenters. The van der Waals surface area contributed by atoms with E-state index in [-0.39, 0.29) is 5.56 Å². The van der Waals surface area contributed by atoms with Crippen molar-refractivity contribution in [1.82, 2.24) is 14.3 Å². The lowest BCUT2D eigenvalue weighted by Crippen LogP contribution is -2.42. The number of benzene rings is 1. The predicted octanol–water partition coefficient (Wildman–Crippen LogP) is 2.82. The summed E-state index contributed by atoms with van der Waals surface area (Å²) in [5, 5.41) is 0. The molecule has 0 bridgehead atoms. The quantitative estimate of drug-likeness (QED) is 0.609. The van der Waals surface area contributed by atoms with Crippen LogP contribution in [0.25, 0.3) is 16.9 Å². The first-order chi connectivity index (χ1) is 14.5. The molecule has 0 radical (unpaired) electrons. The van der Waals surface area contributed by atoms with Gasteiger partial charge in [-0.2, -0.15) is 4.58 Å². The first-order valence-electron chi connectivity index (χ1n) is 10.1. The second-order valence-electron chi connectivity index (χ2n) is 7.63. The molecule has 0 aliphatic carbocycles. The van der Waals surface area contributed by atoms with Crippen molar-refractivity contribution in [3.05, 3.63) is 52.9 Å². The van der Waals surface area contributed by atoms with Crippen LogP contribution in [-0.2, 0) is 0 Å². The summed E-state index contributed by atoms with van der Waals surface area (Å²) < 4.78 is 14.5. The number of methoxy groups -OCH3 is 2. The lowest BCUT2D eigenvalue weighted by atomic mass is 10.1. The summed E-state index contributed by atoms with van der Waals surface area (Å²) >= 11 is 0. The lowest BCUT2D eigenvalue weighted by molar-refractivity contribution is -0.444. The highest BCUT2D eigenvalue weighted by Gasteiger charge is 2.21. The van der Waals surface area contributed by atoms with Gasteiger partial charge in [0.05, 0.1) is 39.2 Å². The van der Waals surface area contributed by atoms with Crippen LogP contribution >= 0.6 is 0 Å². The van der Waals surface area contributed by atoms with Gasteiger partial charge in [-0.25, -0.2) is 4.98 Å². The maximum Gasteiger partial charge on any atom is 0.258 e. The zero-order valence-electron chi connectivity index (χ0n) is 17.8. The smallest absolute Gasteiger partial charge is 0.258 e. The van der Waals surface area contributed by atoms with E-state index in [9.17, 15) is 4.79 Å². The Bertz CT molecular complexity index is 1170. The number of aromatic nitrogens is 2. The molecule has 7 nitrogen and oxygen atoms in total. The van der Waals surface area contributed by atoms with Gasteiger partial charge in [0.1, 0.15) is 5.65 Å². The number of nitrogens with zero attached hydrogens (tertiary/aromatic N) is 4. The summed E-state index contributed by atoms with van der Waals surface area (Å²) in [6, 6.07) is 11.5. The van der Waals surface area contributed by atoms with Gasteiger partial charge in [-0.1, -0.05) is 0 Å². The molecule has 0 amide bonds. The second kappa shape index (κ2) is 8.28. The minimum atomic E-state index is -0.118. The van der Waals surface area contributed by atoms with E-state index >= 15 is 0 Å². The van der Waals surface area contributed by atoms with E-state index in [1.807, 2.05) is 36.5 Å². The Labute approximate surface area is 175 Å². The van der Waals surface area contributed by atoms with Crippen LogP contribution < -0.4 is 15.0 Å². The number of fused-ring (bicyclic) bond motifs is 1. The van der Waals surface area contributed by atoms with Gasteiger partial charge in [-0.3, -0.25) is 14.1 Å². The third-order valence-corrected chi connectivity index (χ3v) is 5.55. The Kier molecular flexibility index (Phi) is 5.55. The van der Waals surface area contributed by atoms with E-state index in [0.717, 1.165) is 30.9 Å². The summed E-state index contributed by atoms with van der Waals surface area (Å²) in [5.41, 5.74) is 2.89. The first kappa shape index (κ1) is 20.1. The largest absolute Gasteiger partial charge is 0.493 e. The van der Waals surface area contributed by atoms with Gasteiger partial charge in [0.25, 0.3) is 5.56 Å². The van der Waals surface area contributed by atoms with Crippen LogP contribution in [0.1, 0.15) is 13.8 Å². The Morgan fingerprint density at radius 1 is 1.07 bits per heavy atom. The molecule has 1 aromatic carbocycles. The van der Waals surface area contributed by atoms with Crippen molar-refractivity contribution >= 4 is 17.5 Å². The molecule has 30 heavy (non-hydrogen) atoms. The van der Waals surface area contributed by atoms with Crippen LogP contribution in [0.2, 0.25) is 0 Å². The Morgan fingerprint density at radius 3 is 2.53 bits per heavy atom. The van der Waals surface area contributed by atoms with Gasteiger partial charge in [0.15, 0.2) is 24.3 Å². The van der Waals surface area contributed by atoms with Crippen molar-refractivity contribution in [2.24, 2.45) is 0 Å². The van der Waals surface area contributed by atoms with E-state index in [4.69, 9.17) is 9.47 Å². The average Bonchev–Trinajstić information content (AvgIpc) is 2.78. The minimum absolute atomic E-state index is 0.118. The number of hydrogen-bond donors (Lipinski definition) is 0. The van der Waals surface area contributed by atoms with Crippen LogP contribution in [-0.4, -0.2) is 65.0 Å². The van der Waals surface area contributed by atoms with Crippen molar-refractivity contribution in [2.75, 3.05) is 33.9 Å². The maximum atomic E-state index is 12.9. The molecule has 0 unspecified atom stereocenters. The van der Waals surface area contributed by atoms with Gasteiger partial charge >= 0.3 is 0 Å². The number of rotatable bonds is 5. The molecule has 156 valence electrons. The minimum Gasteiger partial charge on any atom is -0.493 e. The third-order valence-electron chi connectivity index (χ3n) is 5.55. The van der Waals surface area contributed by atoms with E-state index in [0.29, 0.717) is 28.9 Å². The fourth-order valence-corrected chi connectivity index (χ4v) is 3.73. The van der Waals surface area contributed by atoms with Gasteiger partial charge in [-0.15, -0.1) is 0 Å².